The summed E-state index contributed by atoms with van der Waals surface area (Å²) in [5.41, 5.74) is 0.0589. The Labute approximate surface area is 134 Å². The SMILES string of the molecule is CC(C)(C)[C@@](C)(O)C#CCN1CCCC[C@H]1c1cccnc1. The molecule has 0 amide bonds. The Bertz CT molecular complexity index is 534. The lowest BCUT2D eigenvalue weighted by molar-refractivity contribution is 0.0127. The highest BCUT2D eigenvalue weighted by Gasteiger charge is 2.33. The van der Waals surface area contributed by atoms with Crippen molar-refractivity contribution in [1.82, 2.24) is 9.88 Å². The molecule has 0 spiro atoms. The topological polar surface area (TPSA) is 36.4 Å². The second kappa shape index (κ2) is 6.81. The summed E-state index contributed by atoms with van der Waals surface area (Å²) >= 11 is 0. The van der Waals surface area contributed by atoms with Crippen molar-refractivity contribution in [2.75, 3.05) is 13.1 Å². The first kappa shape index (κ1) is 17.0. The van der Waals surface area contributed by atoms with Crippen LogP contribution in [0.25, 0.3) is 0 Å². The van der Waals surface area contributed by atoms with Crippen LogP contribution in [0.15, 0.2) is 24.5 Å². The minimum Gasteiger partial charge on any atom is -0.377 e. The molecule has 2 heterocycles. The lowest BCUT2D eigenvalue weighted by Gasteiger charge is -2.35. The lowest BCUT2D eigenvalue weighted by atomic mass is 9.78. The number of likely N-dealkylation sites (tertiary alicyclic amines) is 1. The van der Waals surface area contributed by atoms with Gasteiger partial charge >= 0.3 is 0 Å². The molecule has 2 rings (SSSR count). The molecule has 3 nitrogen and oxygen atoms in total. The molecule has 22 heavy (non-hydrogen) atoms. The third-order valence-electron chi connectivity index (χ3n) is 4.76. The number of hydrogen-bond acceptors (Lipinski definition) is 3. The lowest BCUT2D eigenvalue weighted by Crippen LogP contribution is -2.38. The highest BCUT2D eigenvalue weighted by Crippen LogP contribution is 2.31. The van der Waals surface area contributed by atoms with Crippen LogP contribution >= 0.6 is 0 Å². The fourth-order valence-corrected chi connectivity index (χ4v) is 2.63. The maximum absolute atomic E-state index is 10.5. The normalized spacial score (nSPS) is 22.5. The number of hydrogen-bond donors (Lipinski definition) is 1. The fourth-order valence-electron chi connectivity index (χ4n) is 2.63. The zero-order valence-corrected chi connectivity index (χ0v) is 14.3. The number of pyridine rings is 1. The third-order valence-corrected chi connectivity index (χ3v) is 4.76. The molecule has 0 aromatic carbocycles. The Kier molecular flexibility index (Phi) is 5.26. The zero-order valence-electron chi connectivity index (χ0n) is 14.3. The minimum absolute atomic E-state index is 0.245. The van der Waals surface area contributed by atoms with Gasteiger partial charge in [0.1, 0.15) is 5.60 Å². The maximum atomic E-state index is 10.5. The highest BCUT2D eigenvalue weighted by atomic mass is 16.3. The predicted octanol–water partition coefficient (Wildman–Crippen LogP) is 3.41. The van der Waals surface area contributed by atoms with E-state index in [0.29, 0.717) is 12.6 Å². The van der Waals surface area contributed by atoms with E-state index < -0.39 is 5.60 Å². The van der Waals surface area contributed by atoms with Crippen LogP contribution in [0.2, 0.25) is 0 Å². The van der Waals surface area contributed by atoms with E-state index in [1.165, 1.54) is 18.4 Å². The molecule has 0 bridgehead atoms. The minimum atomic E-state index is -0.966. The molecule has 1 aliphatic heterocycles. The highest BCUT2D eigenvalue weighted by molar-refractivity contribution is 5.19. The van der Waals surface area contributed by atoms with Gasteiger partial charge in [-0.2, -0.15) is 0 Å². The van der Waals surface area contributed by atoms with Gasteiger partial charge in [-0.1, -0.05) is 45.1 Å². The molecule has 0 saturated carbocycles. The Morgan fingerprint density at radius 1 is 1.32 bits per heavy atom. The van der Waals surface area contributed by atoms with E-state index in [-0.39, 0.29) is 5.41 Å². The van der Waals surface area contributed by atoms with Crippen molar-refractivity contribution in [2.45, 2.75) is 58.6 Å². The van der Waals surface area contributed by atoms with Crippen molar-refractivity contribution >= 4 is 0 Å². The molecule has 1 aliphatic rings. The zero-order chi connectivity index (χ0) is 16.2. The molecule has 1 aromatic rings. The molecule has 0 aliphatic carbocycles. The quantitative estimate of drug-likeness (QED) is 0.850. The van der Waals surface area contributed by atoms with Crippen LogP contribution in [0.1, 0.15) is 58.6 Å². The number of aromatic nitrogens is 1. The average Bonchev–Trinajstić information content (AvgIpc) is 2.47. The summed E-state index contributed by atoms with van der Waals surface area (Å²) in [7, 11) is 0. The van der Waals surface area contributed by atoms with Gasteiger partial charge in [-0.3, -0.25) is 9.88 Å². The van der Waals surface area contributed by atoms with Crippen molar-refractivity contribution in [3.05, 3.63) is 30.1 Å². The van der Waals surface area contributed by atoms with Crippen LogP contribution in [-0.2, 0) is 0 Å². The van der Waals surface area contributed by atoms with Crippen LogP contribution in [0.4, 0.5) is 0 Å². The smallest absolute Gasteiger partial charge is 0.127 e. The maximum Gasteiger partial charge on any atom is 0.127 e. The summed E-state index contributed by atoms with van der Waals surface area (Å²) in [4.78, 5) is 6.65. The second-order valence-corrected chi connectivity index (χ2v) is 7.39. The summed E-state index contributed by atoms with van der Waals surface area (Å²) in [6.07, 6.45) is 7.40. The van der Waals surface area contributed by atoms with E-state index in [1.807, 2.05) is 39.2 Å². The molecular weight excluding hydrogens is 272 g/mol. The van der Waals surface area contributed by atoms with Gasteiger partial charge in [0.05, 0.1) is 6.54 Å². The van der Waals surface area contributed by atoms with Crippen LogP contribution < -0.4 is 0 Å². The van der Waals surface area contributed by atoms with Gasteiger partial charge < -0.3 is 5.11 Å². The van der Waals surface area contributed by atoms with Gasteiger partial charge in [-0.05, 0) is 37.9 Å². The predicted molar refractivity (Wildman–Crippen MR) is 90.3 cm³/mol. The van der Waals surface area contributed by atoms with E-state index in [0.717, 1.165) is 13.0 Å². The largest absolute Gasteiger partial charge is 0.377 e. The number of nitrogens with zero attached hydrogens (tertiary/aromatic N) is 2. The van der Waals surface area contributed by atoms with Crippen molar-refractivity contribution in [3.63, 3.8) is 0 Å². The molecule has 3 heteroatoms. The summed E-state index contributed by atoms with van der Waals surface area (Å²) in [5.74, 6) is 6.27. The van der Waals surface area contributed by atoms with E-state index >= 15 is 0 Å². The monoisotopic (exact) mass is 300 g/mol. The van der Waals surface area contributed by atoms with E-state index in [9.17, 15) is 5.11 Å². The van der Waals surface area contributed by atoms with Crippen LogP contribution in [0.3, 0.4) is 0 Å². The summed E-state index contributed by atoms with van der Waals surface area (Å²) in [6.45, 7) is 9.61. The van der Waals surface area contributed by atoms with Crippen LogP contribution in [-0.4, -0.2) is 33.7 Å². The van der Waals surface area contributed by atoms with Gasteiger partial charge in [0, 0.05) is 23.9 Å². The second-order valence-electron chi connectivity index (χ2n) is 7.39. The van der Waals surface area contributed by atoms with Crippen molar-refractivity contribution in [3.8, 4) is 11.8 Å². The van der Waals surface area contributed by atoms with Crippen LogP contribution in [0, 0.1) is 17.3 Å². The average molecular weight is 300 g/mol. The molecule has 2 atom stereocenters. The van der Waals surface area contributed by atoms with E-state index in [2.05, 4.69) is 27.8 Å². The van der Waals surface area contributed by atoms with Crippen molar-refractivity contribution < 1.29 is 5.11 Å². The van der Waals surface area contributed by atoms with Gasteiger partial charge in [0.2, 0.25) is 0 Å². The summed E-state index contributed by atoms with van der Waals surface area (Å²) < 4.78 is 0. The molecular formula is C19H28N2O. The van der Waals surface area contributed by atoms with Crippen LogP contribution in [0.5, 0.6) is 0 Å². The van der Waals surface area contributed by atoms with Gasteiger partial charge in [-0.15, -0.1) is 0 Å². The molecule has 120 valence electrons. The molecule has 1 aromatic heterocycles. The Hall–Kier alpha value is -1.37. The Morgan fingerprint density at radius 3 is 2.73 bits per heavy atom. The van der Waals surface area contributed by atoms with E-state index in [4.69, 9.17) is 0 Å². The molecule has 0 radical (unpaired) electrons. The van der Waals surface area contributed by atoms with Gasteiger partial charge in [0.25, 0.3) is 0 Å². The number of piperidine rings is 1. The number of rotatable bonds is 2. The summed E-state index contributed by atoms with van der Waals surface area (Å²) in [5, 5.41) is 10.5. The summed E-state index contributed by atoms with van der Waals surface area (Å²) in [6, 6.07) is 4.55. The van der Waals surface area contributed by atoms with Gasteiger partial charge in [-0.25, -0.2) is 0 Å². The molecule has 1 fully saturated rings. The first-order valence-corrected chi connectivity index (χ1v) is 8.18. The Balaban J connectivity index is 2.08. The van der Waals surface area contributed by atoms with Crippen molar-refractivity contribution in [2.24, 2.45) is 5.41 Å². The van der Waals surface area contributed by atoms with Gasteiger partial charge in [0.15, 0.2) is 0 Å². The van der Waals surface area contributed by atoms with Crippen molar-refractivity contribution in [1.29, 1.82) is 0 Å². The van der Waals surface area contributed by atoms with E-state index in [1.54, 1.807) is 6.92 Å². The number of aliphatic hydroxyl groups is 1. The molecule has 1 saturated heterocycles. The first-order chi connectivity index (χ1) is 10.3. The standard InChI is InChI=1S/C19H28N2O/c1-18(2,3)19(4,22)11-8-14-21-13-6-5-10-17(21)16-9-7-12-20-15-16/h7,9,12,15,17,22H,5-6,10,13-14H2,1-4H3/t17-,19-/m0/s1. The first-order valence-electron chi connectivity index (χ1n) is 8.18. The third kappa shape index (κ3) is 4.09. The molecule has 0 unspecified atom stereocenters. The Morgan fingerprint density at radius 2 is 2.09 bits per heavy atom. The molecule has 1 N–H and O–H groups in total. The fraction of sp³-hybridized carbons (Fsp3) is 0.632.